The Kier molecular flexibility index (Phi) is 4.04. The topological polar surface area (TPSA) is 92.8 Å². The summed E-state index contributed by atoms with van der Waals surface area (Å²) in [4.78, 5) is 11.3. The van der Waals surface area contributed by atoms with Gasteiger partial charge in [-0.2, -0.15) is 5.26 Å². The fourth-order valence-electron chi connectivity index (χ4n) is 1.05. The maximum atomic E-state index is 11.3. The van der Waals surface area contributed by atoms with Crippen LogP contribution in [0.15, 0.2) is 6.20 Å². The third-order valence-corrected chi connectivity index (χ3v) is 1.63. The van der Waals surface area contributed by atoms with Gasteiger partial charge in [0.15, 0.2) is 0 Å². The highest BCUT2D eigenvalue weighted by molar-refractivity contribution is 5.67. The van der Waals surface area contributed by atoms with E-state index in [0.717, 1.165) is 0 Å². The molecule has 0 saturated heterocycles. The molecule has 0 fully saturated rings. The molecule has 1 N–H and O–H groups in total. The quantitative estimate of drug-likeness (QED) is 0.840. The first-order valence-electron chi connectivity index (χ1n) is 5.13. The number of amides is 1. The third-order valence-electron chi connectivity index (χ3n) is 1.63. The fraction of sp³-hybridized carbons (Fsp3) is 0.600. The van der Waals surface area contributed by atoms with Gasteiger partial charge in [0.05, 0.1) is 18.8 Å². The van der Waals surface area contributed by atoms with E-state index in [1.165, 1.54) is 4.68 Å². The van der Waals surface area contributed by atoms with Gasteiger partial charge in [0.1, 0.15) is 17.8 Å². The molecule has 1 aromatic rings. The average molecular weight is 237 g/mol. The molecule has 1 amide bonds. The number of rotatable bonds is 3. The van der Waals surface area contributed by atoms with Crippen LogP contribution in [0.3, 0.4) is 0 Å². The summed E-state index contributed by atoms with van der Waals surface area (Å²) >= 11 is 0. The Labute approximate surface area is 99.4 Å². The van der Waals surface area contributed by atoms with Crippen LogP contribution >= 0.6 is 0 Å². The van der Waals surface area contributed by atoms with E-state index in [4.69, 9.17) is 10.00 Å². The van der Waals surface area contributed by atoms with Crippen LogP contribution in [-0.2, 0) is 17.8 Å². The van der Waals surface area contributed by atoms with Crippen molar-refractivity contribution in [3.8, 4) is 6.07 Å². The minimum atomic E-state index is -0.525. The third kappa shape index (κ3) is 4.97. The number of alkyl carbamates (subject to hydrolysis) is 1. The van der Waals surface area contributed by atoms with Gasteiger partial charge in [-0.1, -0.05) is 5.21 Å². The monoisotopic (exact) mass is 237 g/mol. The SMILES string of the molecule is CC(C)(C)OC(=O)NCc1cn(CC#N)nn1. The standard InChI is InChI=1S/C10H15N5O2/c1-10(2,3)17-9(16)12-6-8-7-15(5-4-11)14-13-8/h7H,5-6H2,1-3H3,(H,12,16). The van der Waals surface area contributed by atoms with Crippen molar-refractivity contribution in [1.29, 1.82) is 5.26 Å². The number of hydrogen-bond donors (Lipinski definition) is 1. The van der Waals surface area contributed by atoms with E-state index < -0.39 is 11.7 Å². The zero-order chi connectivity index (χ0) is 12.9. The zero-order valence-corrected chi connectivity index (χ0v) is 10.1. The van der Waals surface area contributed by atoms with Crippen LogP contribution in [0.5, 0.6) is 0 Å². The Morgan fingerprint density at radius 3 is 2.94 bits per heavy atom. The molecule has 0 aromatic carbocycles. The van der Waals surface area contributed by atoms with Crippen molar-refractivity contribution in [1.82, 2.24) is 20.3 Å². The number of nitrogens with one attached hydrogen (secondary N) is 1. The van der Waals surface area contributed by atoms with Gasteiger partial charge in [-0.05, 0) is 20.8 Å². The molecule has 17 heavy (non-hydrogen) atoms. The predicted octanol–water partition coefficient (Wildman–Crippen LogP) is 0.826. The van der Waals surface area contributed by atoms with E-state index in [0.29, 0.717) is 5.69 Å². The van der Waals surface area contributed by atoms with E-state index in [1.54, 1.807) is 27.0 Å². The van der Waals surface area contributed by atoms with Gasteiger partial charge in [0.25, 0.3) is 0 Å². The summed E-state index contributed by atoms with van der Waals surface area (Å²) in [5.74, 6) is 0. The molecular weight excluding hydrogens is 222 g/mol. The second-order valence-electron chi connectivity index (χ2n) is 4.42. The van der Waals surface area contributed by atoms with Crippen LogP contribution in [0, 0.1) is 11.3 Å². The molecule has 0 radical (unpaired) electrons. The minimum Gasteiger partial charge on any atom is -0.444 e. The maximum Gasteiger partial charge on any atom is 0.407 e. The molecule has 7 nitrogen and oxygen atoms in total. The number of hydrogen-bond acceptors (Lipinski definition) is 5. The van der Waals surface area contributed by atoms with Crippen molar-refractivity contribution in [2.24, 2.45) is 0 Å². The van der Waals surface area contributed by atoms with Gasteiger partial charge in [-0.3, -0.25) is 0 Å². The number of aromatic nitrogens is 3. The van der Waals surface area contributed by atoms with Gasteiger partial charge >= 0.3 is 6.09 Å². The lowest BCUT2D eigenvalue weighted by Crippen LogP contribution is -2.32. The van der Waals surface area contributed by atoms with Crippen molar-refractivity contribution < 1.29 is 9.53 Å². The zero-order valence-electron chi connectivity index (χ0n) is 10.1. The minimum absolute atomic E-state index is 0.138. The van der Waals surface area contributed by atoms with Gasteiger partial charge in [0, 0.05) is 0 Å². The first-order valence-corrected chi connectivity index (χ1v) is 5.13. The number of carbonyl (C=O) groups excluding carboxylic acids is 1. The van der Waals surface area contributed by atoms with E-state index in [9.17, 15) is 4.79 Å². The fourth-order valence-corrected chi connectivity index (χ4v) is 1.05. The summed E-state index contributed by atoms with van der Waals surface area (Å²) in [6, 6.07) is 1.94. The molecular formula is C10H15N5O2. The summed E-state index contributed by atoms with van der Waals surface area (Å²) in [5, 5.41) is 18.5. The summed E-state index contributed by atoms with van der Waals surface area (Å²) in [6.45, 7) is 5.72. The highest BCUT2D eigenvalue weighted by Gasteiger charge is 2.15. The summed E-state index contributed by atoms with van der Waals surface area (Å²) in [5.41, 5.74) is 0.0498. The van der Waals surface area contributed by atoms with Crippen molar-refractivity contribution in [3.05, 3.63) is 11.9 Å². The molecule has 92 valence electrons. The normalized spacial score (nSPS) is 10.7. The Morgan fingerprint density at radius 1 is 1.65 bits per heavy atom. The average Bonchev–Trinajstić information content (AvgIpc) is 2.61. The van der Waals surface area contributed by atoms with Crippen molar-refractivity contribution in [3.63, 3.8) is 0 Å². The predicted molar refractivity (Wildman–Crippen MR) is 58.7 cm³/mol. The molecule has 0 spiro atoms. The highest BCUT2D eigenvalue weighted by atomic mass is 16.6. The molecule has 0 atom stereocenters. The molecule has 1 heterocycles. The van der Waals surface area contributed by atoms with Crippen LogP contribution in [0.2, 0.25) is 0 Å². The number of nitrogens with zero attached hydrogens (tertiary/aromatic N) is 4. The molecule has 0 aliphatic heterocycles. The van der Waals surface area contributed by atoms with Crippen molar-refractivity contribution in [2.75, 3.05) is 0 Å². The Balaban J connectivity index is 2.40. The van der Waals surface area contributed by atoms with E-state index in [1.807, 2.05) is 6.07 Å². The van der Waals surface area contributed by atoms with Crippen LogP contribution < -0.4 is 5.32 Å². The van der Waals surface area contributed by atoms with Crippen molar-refractivity contribution >= 4 is 6.09 Å². The smallest absolute Gasteiger partial charge is 0.407 e. The molecule has 1 rings (SSSR count). The summed E-state index contributed by atoms with van der Waals surface area (Å²) in [7, 11) is 0. The molecule has 1 aromatic heterocycles. The second kappa shape index (κ2) is 5.30. The largest absolute Gasteiger partial charge is 0.444 e. The summed E-state index contributed by atoms with van der Waals surface area (Å²) < 4.78 is 6.45. The Morgan fingerprint density at radius 2 is 2.35 bits per heavy atom. The Hall–Kier alpha value is -2.10. The van der Waals surface area contributed by atoms with Gasteiger partial charge in [-0.15, -0.1) is 5.10 Å². The molecule has 0 bridgehead atoms. The number of carbonyl (C=O) groups is 1. The highest BCUT2D eigenvalue weighted by Crippen LogP contribution is 2.06. The van der Waals surface area contributed by atoms with Crippen LogP contribution in [0.25, 0.3) is 0 Å². The molecule has 7 heteroatoms. The lowest BCUT2D eigenvalue weighted by atomic mass is 10.2. The van der Waals surface area contributed by atoms with Crippen molar-refractivity contribution in [2.45, 2.75) is 39.5 Å². The van der Waals surface area contributed by atoms with Gasteiger partial charge in [-0.25, -0.2) is 9.48 Å². The van der Waals surface area contributed by atoms with Gasteiger partial charge < -0.3 is 10.1 Å². The molecule has 0 unspecified atom stereocenters. The van der Waals surface area contributed by atoms with E-state index in [-0.39, 0.29) is 13.1 Å². The first-order chi connectivity index (χ1) is 7.90. The van der Waals surface area contributed by atoms with E-state index >= 15 is 0 Å². The lowest BCUT2D eigenvalue weighted by Gasteiger charge is -2.19. The molecule has 0 saturated carbocycles. The number of nitriles is 1. The maximum absolute atomic E-state index is 11.3. The van der Waals surface area contributed by atoms with Crippen LogP contribution in [0.1, 0.15) is 26.5 Å². The Bertz CT molecular complexity index is 427. The second-order valence-corrected chi connectivity index (χ2v) is 4.42. The van der Waals surface area contributed by atoms with Gasteiger partial charge in [0.2, 0.25) is 0 Å². The first kappa shape index (κ1) is 13.0. The lowest BCUT2D eigenvalue weighted by molar-refractivity contribution is 0.0523. The molecule has 0 aliphatic carbocycles. The summed E-state index contributed by atoms with van der Waals surface area (Å²) in [6.07, 6.45) is 1.09. The number of ether oxygens (including phenoxy) is 1. The van der Waals surface area contributed by atoms with Crippen LogP contribution in [0.4, 0.5) is 4.79 Å². The van der Waals surface area contributed by atoms with Crippen LogP contribution in [-0.4, -0.2) is 26.7 Å². The molecule has 0 aliphatic rings. The van der Waals surface area contributed by atoms with E-state index in [2.05, 4.69) is 15.6 Å².